The zero-order valence-electron chi connectivity index (χ0n) is 71.3. The minimum atomic E-state index is -0.699. The van der Waals surface area contributed by atoms with Crippen LogP contribution in [0.25, 0.3) is 125 Å². The topological polar surface area (TPSA) is 37.2 Å². The molecule has 0 aliphatic heterocycles. The molecule has 3 aromatic heterocycles. The Bertz CT molecular complexity index is 8210. The number of benzene rings is 19. The molecule has 5 nitrogen and oxygen atoms in total. The summed E-state index contributed by atoms with van der Waals surface area (Å²) in [6, 6.07) is 164. The lowest BCUT2D eigenvalue weighted by molar-refractivity contribution is 0.660. The summed E-state index contributed by atoms with van der Waals surface area (Å²) in [7, 11) is 0. The van der Waals surface area contributed by atoms with Gasteiger partial charge in [0.2, 0.25) is 0 Å². The summed E-state index contributed by atoms with van der Waals surface area (Å²) in [4.78, 5) is 17.6. The van der Waals surface area contributed by atoms with Crippen LogP contribution >= 0.6 is 11.3 Å². The molecule has 0 unspecified atom stereocenters. The van der Waals surface area contributed by atoms with Gasteiger partial charge in [-0.05, 0) is 189 Å². The van der Waals surface area contributed by atoms with Crippen LogP contribution in [0.15, 0.2) is 443 Å². The second-order valence-corrected chi connectivity index (χ2v) is 36.7. The minimum absolute atomic E-state index is 0.170. The predicted octanol–water partition coefficient (Wildman–Crippen LogP) is 31.9. The van der Waals surface area contributed by atoms with Crippen molar-refractivity contribution >= 4 is 109 Å². The van der Waals surface area contributed by atoms with E-state index in [0.29, 0.717) is 0 Å². The second-order valence-electron chi connectivity index (χ2n) is 35.6. The molecule has 26 rings (SSSR count). The molecule has 0 saturated carbocycles. The number of anilines is 6. The molecule has 0 amide bonds. The number of rotatable bonds is 12. The third-order valence-electron chi connectivity index (χ3n) is 28.4. The standard InChI is InChI=1S/C63H40N4S.C59H45N/c1-3-21-42(22-4-1)59-61(64-60-49-29-12-18-37-57(49)68-62(60)65-59)67(56-36-19-35-55-58(56)48-28-11-16-33-53(48)66(55)45-39-38-41-20-7-8-23-43(41)40-45)54-34-17-15-32-52(54)63(44-24-5-2-6-25-44)50-30-13-9-26-46(50)47-27-10-14-31-51(47)63;1-57(2)47-28-14-10-24-42(47)45-35-34-40(37-52(45)57)60(56-41-23-9-8-20-38(41)36-53-55(56)46-27-13-15-29-48(46)58(53,3)4)54-33-19-18-32-51(54)59(39-21-6-5-7-22-39)49-30-16-11-25-43(49)44-26-12-17-31-50(44)59/h1-40H;5-37H,1-4H3. The Kier molecular flexibility index (Phi) is 17.0. The molecular formula is C122H85N5S. The molecule has 0 spiro atoms. The average molecular weight is 1650 g/mol. The molecule has 3 heterocycles. The maximum Gasteiger partial charge on any atom is 0.165 e. The number of hydrogen-bond acceptors (Lipinski definition) is 5. The van der Waals surface area contributed by atoms with Crippen molar-refractivity contribution in [3.63, 3.8) is 0 Å². The fraction of sp³-hybridized carbons (Fsp3) is 0.0656. The predicted molar refractivity (Wildman–Crippen MR) is 535 cm³/mol. The lowest BCUT2D eigenvalue weighted by atomic mass is 9.67. The summed E-state index contributed by atoms with van der Waals surface area (Å²) in [5.41, 5.74) is 35.8. The van der Waals surface area contributed by atoms with Crippen molar-refractivity contribution in [2.75, 3.05) is 9.80 Å². The van der Waals surface area contributed by atoms with Gasteiger partial charge in [0, 0.05) is 59.6 Å². The number of hydrogen-bond donors (Lipinski definition) is 0. The first-order valence-electron chi connectivity index (χ1n) is 44.5. The first-order valence-corrected chi connectivity index (χ1v) is 45.3. The van der Waals surface area contributed by atoms with Crippen LogP contribution in [0.3, 0.4) is 0 Å². The fourth-order valence-corrected chi connectivity index (χ4v) is 23.9. The van der Waals surface area contributed by atoms with Crippen LogP contribution in [0.4, 0.5) is 34.3 Å². The van der Waals surface area contributed by atoms with Crippen LogP contribution in [0.1, 0.15) is 94.5 Å². The zero-order chi connectivity index (χ0) is 85.1. The molecule has 19 aromatic carbocycles. The van der Waals surface area contributed by atoms with E-state index in [-0.39, 0.29) is 10.8 Å². The van der Waals surface area contributed by atoms with Crippen LogP contribution in [-0.4, -0.2) is 14.5 Å². The molecule has 0 bridgehead atoms. The monoisotopic (exact) mass is 1650 g/mol. The van der Waals surface area contributed by atoms with Crippen LogP contribution < -0.4 is 9.80 Å². The van der Waals surface area contributed by atoms with E-state index >= 15 is 0 Å². The van der Waals surface area contributed by atoms with Gasteiger partial charge >= 0.3 is 0 Å². The molecule has 4 aliphatic rings. The summed E-state index contributed by atoms with van der Waals surface area (Å²) >= 11 is 1.70. The molecule has 0 fully saturated rings. The van der Waals surface area contributed by atoms with Crippen molar-refractivity contribution in [1.29, 1.82) is 0 Å². The van der Waals surface area contributed by atoms with E-state index in [1.807, 2.05) is 0 Å². The highest BCUT2D eigenvalue weighted by atomic mass is 32.1. The molecule has 22 aromatic rings. The van der Waals surface area contributed by atoms with Gasteiger partial charge in [0.15, 0.2) is 5.82 Å². The summed E-state index contributed by atoms with van der Waals surface area (Å²) in [5.74, 6) is 0.762. The number of nitrogens with zero attached hydrogens (tertiary/aromatic N) is 5. The lowest BCUT2D eigenvalue weighted by Gasteiger charge is -2.39. The third kappa shape index (κ3) is 10.9. The maximum atomic E-state index is 5.90. The van der Waals surface area contributed by atoms with Crippen molar-refractivity contribution < 1.29 is 0 Å². The van der Waals surface area contributed by atoms with Gasteiger partial charge in [-0.15, -0.1) is 11.3 Å². The van der Waals surface area contributed by atoms with Gasteiger partial charge in [-0.3, -0.25) is 4.90 Å². The van der Waals surface area contributed by atoms with Crippen molar-refractivity contribution in [3.8, 4) is 61.5 Å². The normalized spacial score (nSPS) is 14.0. The van der Waals surface area contributed by atoms with Crippen molar-refractivity contribution in [2.24, 2.45) is 0 Å². The minimum Gasteiger partial charge on any atom is -0.309 e. The Morgan fingerprint density at radius 2 is 0.719 bits per heavy atom. The summed E-state index contributed by atoms with van der Waals surface area (Å²) in [6.07, 6.45) is 0. The summed E-state index contributed by atoms with van der Waals surface area (Å²) in [6.45, 7) is 9.59. The first-order chi connectivity index (χ1) is 63.1. The van der Waals surface area contributed by atoms with Crippen molar-refractivity contribution in [3.05, 3.63) is 510 Å². The number of fused-ring (bicyclic) bond motifs is 20. The van der Waals surface area contributed by atoms with Crippen LogP contribution in [0.5, 0.6) is 0 Å². The van der Waals surface area contributed by atoms with Crippen LogP contribution in [-0.2, 0) is 21.7 Å². The van der Waals surface area contributed by atoms with E-state index in [2.05, 4.69) is 485 Å². The fourth-order valence-electron chi connectivity index (χ4n) is 22.9. The molecule has 0 N–H and O–H groups in total. The maximum absolute atomic E-state index is 5.90. The molecule has 6 heteroatoms. The molecule has 0 saturated heterocycles. The van der Waals surface area contributed by atoms with Gasteiger partial charge in [-0.1, -0.05) is 404 Å². The number of aromatic nitrogens is 3. The largest absolute Gasteiger partial charge is 0.309 e. The smallest absolute Gasteiger partial charge is 0.165 e. The Morgan fingerprint density at radius 3 is 1.33 bits per heavy atom. The molecule has 128 heavy (non-hydrogen) atoms. The highest BCUT2D eigenvalue weighted by molar-refractivity contribution is 7.25. The Hall–Kier alpha value is -15.6. The van der Waals surface area contributed by atoms with E-state index in [4.69, 9.17) is 9.97 Å². The zero-order valence-corrected chi connectivity index (χ0v) is 72.1. The van der Waals surface area contributed by atoms with E-state index < -0.39 is 10.8 Å². The quantitative estimate of drug-likeness (QED) is 0.122. The van der Waals surface area contributed by atoms with E-state index in [0.717, 1.165) is 87.6 Å². The van der Waals surface area contributed by atoms with Gasteiger partial charge in [-0.2, -0.15) is 0 Å². The third-order valence-corrected chi connectivity index (χ3v) is 29.4. The van der Waals surface area contributed by atoms with E-state index in [1.165, 1.54) is 139 Å². The van der Waals surface area contributed by atoms with Gasteiger partial charge in [0.1, 0.15) is 16.0 Å². The number of para-hydroxylation sites is 3. The van der Waals surface area contributed by atoms with Gasteiger partial charge in [0.05, 0.1) is 44.6 Å². The van der Waals surface area contributed by atoms with Crippen LogP contribution in [0, 0.1) is 0 Å². The first kappa shape index (κ1) is 75.0. The second kappa shape index (κ2) is 29.0. The molecule has 0 radical (unpaired) electrons. The van der Waals surface area contributed by atoms with Crippen LogP contribution in [0.2, 0.25) is 0 Å². The van der Waals surface area contributed by atoms with Gasteiger partial charge in [-0.25, -0.2) is 9.97 Å². The van der Waals surface area contributed by atoms with E-state index in [9.17, 15) is 0 Å². The van der Waals surface area contributed by atoms with E-state index in [1.54, 1.807) is 11.3 Å². The summed E-state index contributed by atoms with van der Waals surface area (Å²) in [5, 5.41) is 8.28. The molecule has 604 valence electrons. The Labute approximate surface area is 748 Å². The highest BCUT2D eigenvalue weighted by Crippen LogP contribution is 2.65. The summed E-state index contributed by atoms with van der Waals surface area (Å²) < 4.78 is 3.59. The average Bonchev–Trinajstić information content (AvgIpc) is 1.55. The Balaban J connectivity index is 0.000000140. The Morgan fingerprint density at radius 1 is 0.281 bits per heavy atom. The lowest BCUT2D eigenvalue weighted by Crippen LogP contribution is -2.31. The van der Waals surface area contributed by atoms with Crippen molar-refractivity contribution in [1.82, 2.24) is 14.5 Å². The van der Waals surface area contributed by atoms with Crippen molar-refractivity contribution in [2.45, 2.75) is 49.4 Å². The molecule has 0 atom stereocenters. The number of thiophene rings is 1. The van der Waals surface area contributed by atoms with Gasteiger partial charge < -0.3 is 9.47 Å². The van der Waals surface area contributed by atoms with Gasteiger partial charge in [0.25, 0.3) is 0 Å². The molecular weight excluding hydrogens is 1570 g/mol. The molecule has 4 aliphatic carbocycles. The SMILES string of the molecule is CC1(C)c2ccccc2-c2ccc(N(c3ccccc3C3(c4ccccc4)c4ccccc4-c4ccccc43)c3c4c(cc5ccccc35)C(C)(C)c3ccccc3-4)cc21.c1ccc(-c2nc3sc4ccccc4c3nc2N(c2ccccc2C2(c3ccccc3)c3ccccc3-c3ccccc32)c2cccc3c2c2ccccc2n3-c2ccc3ccccc3c2)cc1. The highest BCUT2D eigenvalue weighted by Gasteiger charge is 2.51.